The molecule has 0 unspecified atom stereocenters. The van der Waals surface area contributed by atoms with Crippen LogP contribution in [0.5, 0.6) is 0 Å². The fraction of sp³-hybridized carbons (Fsp3) is 1.00. The third-order valence-corrected chi connectivity index (χ3v) is 6.21. The zero-order chi connectivity index (χ0) is 14.5. The van der Waals surface area contributed by atoms with Crippen molar-refractivity contribution >= 4 is 10.0 Å². The van der Waals surface area contributed by atoms with Gasteiger partial charge in [-0.05, 0) is 44.6 Å². The summed E-state index contributed by atoms with van der Waals surface area (Å²) in [7, 11) is -3.07. The number of likely N-dealkylation sites (tertiary alicyclic amines) is 1. The molecule has 0 aromatic carbocycles. The Hall–Kier alpha value is -0.130. The van der Waals surface area contributed by atoms with E-state index in [-0.39, 0.29) is 11.8 Å². The lowest BCUT2D eigenvalue weighted by atomic mass is 9.82. The SMILES string of the molecule is CCCS(=O)(=O)NC[C@H](C)N1CCC(CC)(CC)C1. The molecule has 1 aliphatic rings. The van der Waals surface area contributed by atoms with Crippen LogP contribution >= 0.6 is 0 Å². The second-order valence-corrected chi connectivity index (χ2v) is 7.87. The minimum atomic E-state index is -3.07. The maximum atomic E-state index is 11.7. The molecule has 1 heterocycles. The van der Waals surface area contributed by atoms with Crippen LogP contribution in [0.3, 0.4) is 0 Å². The van der Waals surface area contributed by atoms with Crippen molar-refractivity contribution < 1.29 is 8.42 Å². The van der Waals surface area contributed by atoms with E-state index in [0.29, 0.717) is 18.4 Å². The number of sulfonamides is 1. The summed E-state index contributed by atoms with van der Waals surface area (Å²) >= 11 is 0. The third-order valence-electron chi connectivity index (χ3n) is 4.66. The molecule has 1 N–H and O–H groups in total. The zero-order valence-corrected chi connectivity index (χ0v) is 13.7. The monoisotopic (exact) mass is 290 g/mol. The molecular weight excluding hydrogens is 260 g/mol. The topological polar surface area (TPSA) is 49.4 Å². The average molecular weight is 290 g/mol. The van der Waals surface area contributed by atoms with E-state index >= 15 is 0 Å². The summed E-state index contributed by atoms with van der Waals surface area (Å²) in [6.45, 7) is 11.3. The van der Waals surface area contributed by atoms with Crippen LogP contribution < -0.4 is 4.72 Å². The number of hydrogen-bond acceptors (Lipinski definition) is 3. The molecule has 0 spiro atoms. The molecule has 0 bridgehead atoms. The fourth-order valence-electron chi connectivity index (χ4n) is 2.89. The highest BCUT2D eigenvalue weighted by Gasteiger charge is 2.36. The van der Waals surface area contributed by atoms with Crippen LogP contribution in [0.4, 0.5) is 0 Å². The van der Waals surface area contributed by atoms with E-state index in [2.05, 4.69) is 30.4 Å². The number of hydrogen-bond donors (Lipinski definition) is 1. The number of nitrogens with one attached hydrogen (secondary N) is 1. The molecule has 1 atom stereocenters. The van der Waals surface area contributed by atoms with Gasteiger partial charge in [0, 0.05) is 19.1 Å². The molecule has 0 saturated carbocycles. The Labute approximate surface area is 119 Å². The Morgan fingerprint density at radius 2 is 1.89 bits per heavy atom. The molecule has 1 rings (SSSR count). The average Bonchev–Trinajstić information content (AvgIpc) is 2.81. The predicted octanol–water partition coefficient (Wildman–Crippen LogP) is 2.22. The lowest BCUT2D eigenvalue weighted by molar-refractivity contribution is 0.203. The van der Waals surface area contributed by atoms with Crippen LogP contribution in [0.1, 0.15) is 53.4 Å². The summed E-state index contributed by atoms with van der Waals surface area (Å²) in [5, 5.41) is 0. The van der Waals surface area contributed by atoms with E-state index < -0.39 is 10.0 Å². The van der Waals surface area contributed by atoms with Crippen molar-refractivity contribution in [3.8, 4) is 0 Å². The second kappa shape index (κ2) is 7.04. The Kier molecular flexibility index (Phi) is 6.27. The Bertz CT molecular complexity index is 364. The molecule has 0 radical (unpaired) electrons. The van der Waals surface area contributed by atoms with Crippen LogP contribution in [0, 0.1) is 5.41 Å². The van der Waals surface area contributed by atoms with Crippen molar-refractivity contribution in [3.63, 3.8) is 0 Å². The number of nitrogens with zero attached hydrogens (tertiary/aromatic N) is 1. The molecule has 19 heavy (non-hydrogen) atoms. The van der Waals surface area contributed by atoms with Crippen molar-refractivity contribution in [1.82, 2.24) is 9.62 Å². The lowest BCUT2D eigenvalue weighted by Crippen LogP contribution is -2.42. The maximum absolute atomic E-state index is 11.7. The highest BCUT2D eigenvalue weighted by molar-refractivity contribution is 7.89. The maximum Gasteiger partial charge on any atom is 0.211 e. The van der Waals surface area contributed by atoms with Crippen LogP contribution in [0.25, 0.3) is 0 Å². The van der Waals surface area contributed by atoms with Crippen molar-refractivity contribution in [1.29, 1.82) is 0 Å². The predicted molar refractivity (Wildman–Crippen MR) is 80.7 cm³/mol. The van der Waals surface area contributed by atoms with Gasteiger partial charge < -0.3 is 0 Å². The Balaban J connectivity index is 2.46. The van der Waals surface area contributed by atoms with Crippen LogP contribution in [0.2, 0.25) is 0 Å². The van der Waals surface area contributed by atoms with Gasteiger partial charge in [0.25, 0.3) is 0 Å². The van der Waals surface area contributed by atoms with E-state index in [1.807, 2.05) is 6.92 Å². The summed E-state index contributed by atoms with van der Waals surface area (Å²) < 4.78 is 26.1. The van der Waals surface area contributed by atoms with E-state index in [1.54, 1.807) is 0 Å². The first-order valence-corrected chi connectivity index (χ1v) is 9.24. The van der Waals surface area contributed by atoms with Crippen LogP contribution in [0.15, 0.2) is 0 Å². The minimum absolute atomic E-state index is 0.230. The summed E-state index contributed by atoms with van der Waals surface area (Å²) in [4.78, 5) is 2.43. The Morgan fingerprint density at radius 3 is 2.37 bits per heavy atom. The first kappa shape index (κ1) is 16.9. The molecule has 0 aliphatic carbocycles. The fourth-order valence-corrected chi connectivity index (χ4v) is 4.07. The van der Waals surface area contributed by atoms with Gasteiger partial charge in [0.15, 0.2) is 0 Å². The van der Waals surface area contributed by atoms with Gasteiger partial charge in [-0.2, -0.15) is 0 Å². The normalized spacial score (nSPS) is 21.7. The number of rotatable bonds is 8. The quantitative estimate of drug-likeness (QED) is 0.745. The minimum Gasteiger partial charge on any atom is -0.299 e. The molecule has 0 aromatic heterocycles. The molecule has 0 amide bonds. The van der Waals surface area contributed by atoms with Crippen molar-refractivity contribution in [2.24, 2.45) is 5.41 Å². The molecule has 1 aliphatic heterocycles. The van der Waals surface area contributed by atoms with E-state index in [1.165, 1.54) is 19.3 Å². The molecule has 0 aromatic rings. The van der Waals surface area contributed by atoms with Gasteiger partial charge in [-0.1, -0.05) is 20.8 Å². The first-order valence-electron chi connectivity index (χ1n) is 7.59. The molecule has 4 nitrogen and oxygen atoms in total. The summed E-state index contributed by atoms with van der Waals surface area (Å²) in [5.74, 6) is 0.230. The lowest BCUT2D eigenvalue weighted by Gasteiger charge is -2.29. The van der Waals surface area contributed by atoms with Crippen LogP contribution in [-0.2, 0) is 10.0 Å². The highest BCUT2D eigenvalue weighted by atomic mass is 32.2. The van der Waals surface area contributed by atoms with E-state index in [0.717, 1.165) is 13.1 Å². The van der Waals surface area contributed by atoms with Gasteiger partial charge in [-0.15, -0.1) is 0 Å². The summed E-state index contributed by atoms with van der Waals surface area (Å²) in [6.07, 6.45) is 4.34. The highest BCUT2D eigenvalue weighted by Crippen LogP contribution is 2.37. The van der Waals surface area contributed by atoms with Gasteiger partial charge in [-0.3, -0.25) is 4.90 Å². The second-order valence-electron chi connectivity index (χ2n) is 5.94. The first-order chi connectivity index (χ1) is 8.88. The third kappa shape index (κ3) is 4.72. The molecule has 114 valence electrons. The van der Waals surface area contributed by atoms with Gasteiger partial charge in [-0.25, -0.2) is 13.1 Å². The van der Waals surface area contributed by atoms with Gasteiger partial charge >= 0.3 is 0 Å². The van der Waals surface area contributed by atoms with Gasteiger partial charge in [0.2, 0.25) is 10.0 Å². The van der Waals surface area contributed by atoms with Crippen LogP contribution in [-0.4, -0.2) is 44.7 Å². The zero-order valence-electron chi connectivity index (χ0n) is 12.9. The van der Waals surface area contributed by atoms with Gasteiger partial charge in [0.1, 0.15) is 0 Å². The smallest absolute Gasteiger partial charge is 0.211 e. The van der Waals surface area contributed by atoms with E-state index in [9.17, 15) is 8.42 Å². The van der Waals surface area contributed by atoms with Crippen molar-refractivity contribution in [2.45, 2.75) is 59.4 Å². The summed E-state index contributed by atoms with van der Waals surface area (Å²) in [5.41, 5.74) is 0.455. The standard InChI is InChI=1S/C14H30N2O2S/c1-5-10-19(17,18)15-11-13(4)16-9-8-14(6-2,7-3)12-16/h13,15H,5-12H2,1-4H3/t13-/m0/s1. The largest absolute Gasteiger partial charge is 0.299 e. The Morgan fingerprint density at radius 1 is 1.26 bits per heavy atom. The summed E-state index contributed by atoms with van der Waals surface area (Å²) in [6, 6.07) is 0.284. The van der Waals surface area contributed by atoms with Gasteiger partial charge in [0.05, 0.1) is 5.75 Å². The van der Waals surface area contributed by atoms with Crippen molar-refractivity contribution in [2.75, 3.05) is 25.4 Å². The molecule has 1 saturated heterocycles. The molecule has 5 heteroatoms. The van der Waals surface area contributed by atoms with E-state index in [4.69, 9.17) is 0 Å². The molecule has 1 fully saturated rings. The molecular formula is C14H30N2O2S. The van der Waals surface area contributed by atoms with Crippen molar-refractivity contribution in [3.05, 3.63) is 0 Å².